The molecule has 1 N–H and O–H groups in total. The predicted octanol–water partition coefficient (Wildman–Crippen LogP) is 0.545. The van der Waals surface area contributed by atoms with E-state index in [0.29, 0.717) is 39.1 Å². The summed E-state index contributed by atoms with van der Waals surface area (Å²) in [5, 5.41) is 8.35. The zero-order valence-corrected chi connectivity index (χ0v) is 9.32. The molecule has 2 aliphatic rings. The van der Waals surface area contributed by atoms with Crippen molar-refractivity contribution in [2.75, 3.05) is 32.8 Å². The SMILES string of the molecule is O=C(O)C(F)(F)CN1CCC2(CC1)OCCO2. The van der Waals surface area contributed by atoms with Gasteiger partial charge in [0.2, 0.25) is 0 Å². The number of hydrogen-bond donors (Lipinski definition) is 1. The van der Waals surface area contributed by atoms with Crippen LogP contribution in [0.2, 0.25) is 0 Å². The molecule has 98 valence electrons. The molecule has 0 radical (unpaired) electrons. The van der Waals surface area contributed by atoms with Crippen molar-refractivity contribution in [1.29, 1.82) is 0 Å². The number of piperidine rings is 1. The maximum Gasteiger partial charge on any atom is 0.375 e. The number of carbonyl (C=O) groups is 1. The summed E-state index contributed by atoms with van der Waals surface area (Å²) in [7, 11) is 0. The molecule has 0 atom stereocenters. The minimum Gasteiger partial charge on any atom is -0.477 e. The number of alkyl halides is 2. The molecule has 2 rings (SSSR count). The van der Waals surface area contributed by atoms with Crippen LogP contribution in [0.3, 0.4) is 0 Å². The molecule has 0 saturated carbocycles. The fourth-order valence-electron chi connectivity index (χ4n) is 2.19. The number of aliphatic carboxylic acids is 1. The summed E-state index contributed by atoms with van der Waals surface area (Å²) in [5.41, 5.74) is 0. The van der Waals surface area contributed by atoms with Crippen molar-refractivity contribution in [2.24, 2.45) is 0 Å². The average Bonchev–Trinajstić information content (AvgIpc) is 2.70. The van der Waals surface area contributed by atoms with E-state index in [9.17, 15) is 13.6 Å². The Morgan fingerprint density at radius 1 is 1.29 bits per heavy atom. The van der Waals surface area contributed by atoms with E-state index >= 15 is 0 Å². The summed E-state index contributed by atoms with van der Waals surface area (Å²) in [6, 6.07) is 0. The summed E-state index contributed by atoms with van der Waals surface area (Å²) in [6.07, 6.45) is 1.01. The van der Waals surface area contributed by atoms with E-state index in [1.165, 1.54) is 4.90 Å². The lowest BCUT2D eigenvalue weighted by atomic mass is 10.0. The molecule has 7 heteroatoms. The topological polar surface area (TPSA) is 59.0 Å². The van der Waals surface area contributed by atoms with Gasteiger partial charge in [0.25, 0.3) is 0 Å². The van der Waals surface area contributed by atoms with E-state index in [1.54, 1.807) is 0 Å². The molecule has 0 aromatic rings. The lowest BCUT2D eigenvalue weighted by Gasteiger charge is -2.38. The van der Waals surface area contributed by atoms with Crippen LogP contribution in [0, 0.1) is 0 Å². The number of ether oxygens (including phenoxy) is 2. The Hall–Kier alpha value is -0.790. The number of carboxylic acid groups (broad SMARTS) is 1. The zero-order valence-electron chi connectivity index (χ0n) is 9.32. The Kier molecular flexibility index (Phi) is 3.33. The zero-order chi connectivity index (χ0) is 12.5. The first-order chi connectivity index (χ1) is 7.94. The third-order valence-electron chi connectivity index (χ3n) is 3.17. The van der Waals surface area contributed by atoms with Crippen LogP contribution in [0.4, 0.5) is 8.78 Å². The molecular formula is C10H15F2NO4. The third-order valence-corrected chi connectivity index (χ3v) is 3.17. The van der Waals surface area contributed by atoms with Gasteiger partial charge in [-0.3, -0.25) is 4.90 Å². The highest BCUT2D eigenvalue weighted by molar-refractivity contribution is 5.75. The molecular weight excluding hydrogens is 236 g/mol. The van der Waals surface area contributed by atoms with Gasteiger partial charge in [-0.15, -0.1) is 0 Å². The van der Waals surface area contributed by atoms with Crippen molar-refractivity contribution in [3.63, 3.8) is 0 Å². The van der Waals surface area contributed by atoms with Crippen LogP contribution >= 0.6 is 0 Å². The van der Waals surface area contributed by atoms with E-state index < -0.39 is 24.2 Å². The number of rotatable bonds is 3. The summed E-state index contributed by atoms with van der Waals surface area (Å²) in [5.74, 6) is -6.39. The first-order valence-corrected chi connectivity index (χ1v) is 5.55. The van der Waals surface area contributed by atoms with Crippen LogP contribution in [-0.4, -0.2) is 60.5 Å². The predicted molar refractivity (Wildman–Crippen MR) is 52.9 cm³/mol. The second kappa shape index (κ2) is 4.47. The van der Waals surface area contributed by atoms with Gasteiger partial charge in [0.05, 0.1) is 19.8 Å². The smallest absolute Gasteiger partial charge is 0.375 e. The molecule has 0 bridgehead atoms. The minimum atomic E-state index is -3.69. The lowest BCUT2D eigenvalue weighted by Crippen LogP contribution is -2.50. The second-order valence-corrected chi connectivity index (χ2v) is 4.39. The van der Waals surface area contributed by atoms with Gasteiger partial charge in [-0.05, 0) is 0 Å². The first-order valence-electron chi connectivity index (χ1n) is 5.55. The summed E-state index contributed by atoms with van der Waals surface area (Å²) in [4.78, 5) is 11.8. The van der Waals surface area contributed by atoms with Gasteiger partial charge in [0.15, 0.2) is 5.79 Å². The molecule has 2 fully saturated rings. The Morgan fingerprint density at radius 2 is 1.82 bits per heavy atom. The van der Waals surface area contributed by atoms with Crippen LogP contribution in [0.5, 0.6) is 0 Å². The lowest BCUT2D eigenvalue weighted by molar-refractivity contribution is -0.193. The van der Waals surface area contributed by atoms with Crippen LogP contribution in [-0.2, 0) is 14.3 Å². The molecule has 17 heavy (non-hydrogen) atoms. The van der Waals surface area contributed by atoms with Crippen LogP contribution in [0.15, 0.2) is 0 Å². The van der Waals surface area contributed by atoms with Crippen molar-refractivity contribution in [3.8, 4) is 0 Å². The highest BCUT2D eigenvalue weighted by Crippen LogP contribution is 2.32. The molecule has 0 unspecified atom stereocenters. The van der Waals surface area contributed by atoms with Gasteiger partial charge in [0, 0.05) is 25.9 Å². The van der Waals surface area contributed by atoms with Crippen molar-refractivity contribution < 1.29 is 28.2 Å². The van der Waals surface area contributed by atoms with Crippen molar-refractivity contribution in [3.05, 3.63) is 0 Å². The molecule has 0 aromatic heterocycles. The Morgan fingerprint density at radius 3 is 2.29 bits per heavy atom. The normalized spacial score (nSPS) is 25.3. The highest BCUT2D eigenvalue weighted by atomic mass is 19.3. The van der Waals surface area contributed by atoms with Crippen molar-refractivity contribution in [2.45, 2.75) is 24.6 Å². The average molecular weight is 251 g/mol. The Balaban J connectivity index is 1.85. The number of hydrogen-bond acceptors (Lipinski definition) is 4. The van der Waals surface area contributed by atoms with Crippen molar-refractivity contribution >= 4 is 5.97 Å². The minimum absolute atomic E-state index is 0.364. The fraction of sp³-hybridized carbons (Fsp3) is 0.900. The van der Waals surface area contributed by atoms with E-state index in [1.807, 2.05) is 0 Å². The molecule has 2 heterocycles. The van der Waals surface area contributed by atoms with E-state index in [-0.39, 0.29) is 0 Å². The van der Waals surface area contributed by atoms with E-state index in [2.05, 4.69) is 0 Å². The van der Waals surface area contributed by atoms with E-state index in [4.69, 9.17) is 14.6 Å². The third kappa shape index (κ3) is 2.72. The van der Waals surface area contributed by atoms with Gasteiger partial charge in [-0.25, -0.2) is 4.79 Å². The first kappa shape index (κ1) is 12.7. The van der Waals surface area contributed by atoms with Crippen LogP contribution in [0.1, 0.15) is 12.8 Å². The molecule has 5 nitrogen and oxygen atoms in total. The molecule has 0 aliphatic carbocycles. The fourth-order valence-corrected chi connectivity index (χ4v) is 2.19. The van der Waals surface area contributed by atoms with Crippen molar-refractivity contribution in [1.82, 2.24) is 4.90 Å². The number of carboxylic acids is 1. The number of nitrogens with zero attached hydrogens (tertiary/aromatic N) is 1. The quantitative estimate of drug-likeness (QED) is 0.793. The Labute approximate surface area is 97.3 Å². The van der Waals surface area contributed by atoms with Gasteiger partial charge < -0.3 is 14.6 Å². The summed E-state index contributed by atoms with van der Waals surface area (Å²) in [6.45, 7) is 1.04. The van der Waals surface area contributed by atoms with Crippen LogP contribution in [0.25, 0.3) is 0 Å². The maximum atomic E-state index is 13.0. The molecule has 2 aliphatic heterocycles. The summed E-state index contributed by atoms with van der Waals surface area (Å²) < 4.78 is 36.9. The number of likely N-dealkylation sites (tertiary alicyclic amines) is 1. The number of halogens is 2. The molecule has 0 amide bonds. The van der Waals surface area contributed by atoms with Gasteiger partial charge in [0.1, 0.15) is 0 Å². The largest absolute Gasteiger partial charge is 0.477 e. The molecule has 2 saturated heterocycles. The molecule has 1 spiro atoms. The van der Waals surface area contributed by atoms with Crippen LogP contribution < -0.4 is 0 Å². The van der Waals surface area contributed by atoms with Gasteiger partial charge in [-0.2, -0.15) is 8.78 Å². The monoisotopic (exact) mass is 251 g/mol. The van der Waals surface area contributed by atoms with Gasteiger partial charge >= 0.3 is 11.9 Å². The molecule has 0 aromatic carbocycles. The Bertz CT molecular complexity index is 295. The van der Waals surface area contributed by atoms with E-state index in [0.717, 1.165) is 0 Å². The second-order valence-electron chi connectivity index (χ2n) is 4.39. The highest BCUT2D eigenvalue weighted by Gasteiger charge is 2.45. The maximum absolute atomic E-state index is 13.0. The standard InChI is InChI=1S/C10H15F2NO4/c11-10(12,8(14)15)7-13-3-1-9(2-4-13)16-5-6-17-9/h1-7H2,(H,14,15). The van der Waals surface area contributed by atoms with Gasteiger partial charge in [-0.1, -0.05) is 0 Å². The summed E-state index contributed by atoms with van der Waals surface area (Å²) >= 11 is 0.